The number of esters is 1. The number of nitrogens with zero attached hydrogens (tertiary/aromatic N) is 5. The van der Waals surface area contributed by atoms with E-state index in [2.05, 4.69) is 20.0 Å². The zero-order chi connectivity index (χ0) is 17.9. The van der Waals surface area contributed by atoms with Gasteiger partial charge in [0, 0.05) is 13.1 Å². The minimum absolute atomic E-state index is 0.113. The number of aromatic nitrogens is 4. The van der Waals surface area contributed by atoms with E-state index >= 15 is 0 Å². The van der Waals surface area contributed by atoms with Crippen LogP contribution in [0.15, 0.2) is 42.9 Å². The maximum Gasteiger partial charge on any atom is 0.310 e. The van der Waals surface area contributed by atoms with Crippen molar-refractivity contribution in [3.63, 3.8) is 0 Å². The van der Waals surface area contributed by atoms with Gasteiger partial charge in [0.05, 0.1) is 29.8 Å². The first-order valence-electron chi connectivity index (χ1n) is 8.93. The number of para-hydroxylation sites is 1. The van der Waals surface area contributed by atoms with Crippen LogP contribution in [0.4, 0.5) is 5.82 Å². The van der Waals surface area contributed by atoms with Gasteiger partial charge in [-0.1, -0.05) is 18.2 Å². The van der Waals surface area contributed by atoms with Crippen molar-refractivity contribution in [1.29, 1.82) is 0 Å². The van der Waals surface area contributed by atoms with E-state index in [0.717, 1.165) is 41.9 Å². The zero-order valence-corrected chi connectivity index (χ0v) is 14.7. The topological polar surface area (TPSA) is 73.1 Å². The van der Waals surface area contributed by atoms with E-state index < -0.39 is 0 Å². The van der Waals surface area contributed by atoms with Gasteiger partial charge in [0.25, 0.3) is 0 Å². The highest BCUT2D eigenvalue weighted by Gasteiger charge is 2.28. The van der Waals surface area contributed by atoms with E-state index in [9.17, 15) is 4.79 Å². The summed E-state index contributed by atoms with van der Waals surface area (Å²) >= 11 is 0. The van der Waals surface area contributed by atoms with Gasteiger partial charge in [-0.2, -0.15) is 5.10 Å². The molecule has 1 saturated heterocycles. The van der Waals surface area contributed by atoms with Crippen molar-refractivity contribution in [2.75, 3.05) is 24.6 Å². The van der Waals surface area contributed by atoms with Crippen molar-refractivity contribution in [3.8, 4) is 5.69 Å². The molecule has 7 heteroatoms. The van der Waals surface area contributed by atoms with Crippen molar-refractivity contribution < 1.29 is 9.53 Å². The summed E-state index contributed by atoms with van der Waals surface area (Å²) in [5.74, 6) is 0.589. The van der Waals surface area contributed by atoms with Gasteiger partial charge in [0.15, 0.2) is 5.65 Å². The first-order valence-corrected chi connectivity index (χ1v) is 8.93. The summed E-state index contributed by atoms with van der Waals surface area (Å²) in [4.78, 5) is 23.2. The lowest BCUT2D eigenvalue weighted by Crippen LogP contribution is -2.40. The summed E-state index contributed by atoms with van der Waals surface area (Å²) in [6.45, 7) is 3.72. The van der Waals surface area contributed by atoms with Crippen LogP contribution in [-0.2, 0) is 9.53 Å². The second-order valence-electron chi connectivity index (χ2n) is 6.36. The Morgan fingerprint density at radius 2 is 2.12 bits per heavy atom. The number of ether oxygens (including phenoxy) is 1. The number of benzene rings is 1. The van der Waals surface area contributed by atoms with Crippen LogP contribution in [-0.4, -0.2) is 45.4 Å². The fourth-order valence-corrected chi connectivity index (χ4v) is 3.46. The molecule has 1 fully saturated rings. The summed E-state index contributed by atoms with van der Waals surface area (Å²) in [6, 6.07) is 9.90. The molecule has 1 atom stereocenters. The molecule has 0 saturated carbocycles. The van der Waals surface area contributed by atoms with Crippen LogP contribution in [0.25, 0.3) is 16.7 Å². The van der Waals surface area contributed by atoms with Gasteiger partial charge < -0.3 is 9.64 Å². The summed E-state index contributed by atoms with van der Waals surface area (Å²) in [6.07, 6.45) is 5.15. The lowest BCUT2D eigenvalue weighted by molar-refractivity contribution is -0.148. The minimum Gasteiger partial charge on any atom is -0.466 e. The Bertz CT molecular complexity index is 909. The molecule has 0 unspecified atom stereocenters. The molecule has 1 aliphatic rings. The van der Waals surface area contributed by atoms with Crippen LogP contribution in [0, 0.1) is 5.92 Å². The van der Waals surface area contributed by atoms with Gasteiger partial charge in [-0.3, -0.25) is 4.79 Å². The third kappa shape index (κ3) is 3.00. The van der Waals surface area contributed by atoms with Crippen molar-refractivity contribution in [2.24, 2.45) is 5.92 Å². The van der Waals surface area contributed by atoms with Crippen molar-refractivity contribution in [1.82, 2.24) is 19.7 Å². The molecule has 0 spiro atoms. The molecular formula is C19H21N5O2. The number of hydrogen-bond donors (Lipinski definition) is 0. The highest BCUT2D eigenvalue weighted by molar-refractivity contribution is 5.88. The lowest BCUT2D eigenvalue weighted by atomic mass is 9.98. The third-order valence-electron chi connectivity index (χ3n) is 4.69. The highest BCUT2D eigenvalue weighted by Crippen LogP contribution is 2.28. The standard InChI is InChI=1S/C19H21N5O2/c1-2-26-19(25)14-7-6-10-23(12-14)17-16-11-22-24(18(16)21-13-20-17)15-8-4-3-5-9-15/h3-5,8-9,11,13-14H,2,6-7,10,12H2,1H3/t14-/m0/s1. The molecule has 3 aromatic rings. The Kier molecular flexibility index (Phi) is 4.51. The number of piperidine rings is 1. The molecule has 0 N–H and O–H groups in total. The average Bonchev–Trinajstić information content (AvgIpc) is 3.13. The molecule has 0 amide bonds. The van der Waals surface area contributed by atoms with Crippen molar-refractivity contribution >= 4 is 22.8 Å². The van der Waals surface area contributed by atoms with E-state index in [1.54, 1.807) is 12.5 Å². The zero-order valence-electron chi connectivity index (χ0n) is 14.7. The quantitative estimate of drug-likeness (QED) is 0.673. The van der Waals surface area contributed by atoms with E-state index in [-0.39, 0.29) is 11.9 Å². The normalized spacial score (nSPS) is 17.4. The van der Waals surface area contributed by atoms with Crippen LogP contribution in [0.2, 0.25) is 0 Å². The monoisotopic (exact) mass is 351 g/mol. The molecule has 3 heterocycles. The molecule has 0 bridgehead atoms. The third-order valence-corrected chi connectivity index (χ3v) is 4.69. The molecular weight excluding hydrogens is 330 g/mol. The number of hydrogen-bond acceptors (Lipinski definition) is 6. The second-order valence-corrected chi connectivity index (χ2v) is 6.36. The minimum atomic E-state index is -0.123. The van der Waals surface area contributed by atoms with E-state index in [1.807, 2.05) is 41.9 Å². The fourth-order valence-electron chi connectivity index (χ4n) is 3.46. The van der Waals surface area contributed by atoms with Crippen molar-refractivity contribution in [3.05, 3.63) is 42.9 Å². The van der Waals surface area contributed by atoms with Gasteiger partial charge in [0.2, 0.25) is 0 Å². The Labute approximate surface area is 151 Å². The van der Waals surface area contributed by atoms with Gasteiger partial charge in [-0.15, -0.1) is 0 Å². The van der Waals surface area contributed by atoms with Gasteiger partial charge >= 0.3 is 5.97 Å². The predicted molar refractivity (Wildman–Crippen MR) is 98.2 cm³/mol. The van der Waals surface area contributed by atoms with E-state index in [4.69, 9.17) is 4.74 Å². The summed E-state index contributed by atoms with van der Waals surface area (Å²) < 4.78 is 7.01. The molecule has 4 rings (SSSR count). The molecule has 26 heavy (non-hydrogen) atoms. The Balaban J connectivity index is 1.67. The maximum atomic E-state index is 12.1. The number of rotatable bonds is 4. The second kappa shape index (κ2) is 7.11. The predicted octanol–water partition coefficient (Wildman–Crippen LogP) is 2.60. The first kappa shape index (κ1) is 16.5. The first-order chi connectivity index (χ1) is 12.8. The van der Waals surface area contributed by atoms with Gasteiger partial charge in [0.1, 0.15) is 12.1 Å². The molecule has 1 aliphatic heterocycles. The van der Waals surface area contributed by atoms with Gasteiger partial charge in [-0.05, 0) is 31.9 Å². The Morgan fingerprint density at radius 3 is 2.92 bits per heavy atom. The van der Waals surface area contributed by atoms with Crippen LogP contribution in [0.1, 0.15) is 19.8 Å². The number of carbonyl (C=O) groups is 1. The van der Waals surface area contributed by atoms with Crippen LogP contribution < -0.4 is 4.90 Å². The molecule has 7 nitrogen and oxygen atoms in total. The summed E-state index contributed by atoms with van der Waals surface area (Å²) in [7, 11) is 0. The van der Waals surface area contributed by atoms with E-state index in [0.29, 0.717) is 13.2 Å². The summed E-state index contributed by atoms with van der Waals surface area (Å²) in [5.41, 5.74) is 1.72. The van der Waals surface area contributed by atoms with Crippen LogP contribution >= 0.6 is 0 Å². The molecule has 1 aromatic carbocycles. The SMILES string of the molecule is CCOC(=O)[C@H]1CCCN(c2ncnc3c2cnn3-c2ccccc2)C1. The molecule has 0 radical (unpaired) electrons. The molecule has 134 valence electrons. The van der Waals surface area contributed by atoms with E-state index in [1.165, 1.54) is 0 Å². The molecule has 0 aliphatic carbocycles. The largest absolute Gasteiger partial charge is 0.466 e. The lowest BCUT2D eigenvalue weighted by Gasteiger charge is -2.32. The smallest absolute Gasteiger partial charge is 0.310 e. The number of fused-ring (bicyclic) bond motifs is 1. The van der Waals surface area contributed by atoms with Gasteiger partial charge in [-0.25, -0.2) is 14.6 Å². The molecule has 2 aromatic heterocycles. The number of anilines is 1. The van der Waals surface area contributed by atoms with Crippen LogP contribution in [0.3, 0.4) is 0 Å². The fraction of sp³-hybridized carbons (Fsp3) is 0.368. The van der Waals surface area contributed by atoms with Crippen molar-refractivity contribution in [2.45, 2.75) is 19.8 Å². The summed E-state index contributed by atoms with van der Waals surface area (Å²) in [5, 5.41) is 5.39. The number of carbonyl (C=O) groups excluding carboxylic acids is 1. The highest BCUT2D eigenvalue weighted by atomic mass is 16.5. The maximum absolute atomic E-state index is 12.1. The van der Waals surface area contributed by atoms with Crippen LogP contribution in [0.5, 0.6) is 0 Å². The average molecular weight is 351 g/mol. The Morgan fingerprint density at radius 1 is 1.27 bits per heavy atom. The Hall–Kier alpha value is -2.96.